The first-order valence-corrected chi connectivity index (χ1v) is 9.71. The topological polar surface area (TPSA) is 46.2 Å². The number of sulfonamides is 1. The van der Waals surface area contributed by atoms with E-state index in [0.29, 0.717) is 12.2 Å². The monoisotopic (exact) mass is 393 g/mol. The van der Waals surface area contributed by atoms with Gasteiger partial charge in [-0.25, -0.2) is 17.5 Å². The van der Waals surface area contributed by atoms with Gasteiger partial charge in [0.15, 0.2) is 0 Å². The first-order chi connectivity index (χ1) is 11.7. The average molecular weight is 393 g/mol. The van der Waals surface area contributed by atoms with Crippen molar-refractivity contribution in [2.75, 3.05) is 12.3 Å². The van der Waals surface area contributed by atoms with Crippen LogP contribution in [0.5, 0.6) is 0 Å². The maximum Gasteiger partial charge on any atom is 0.417 e. The molecule has 0 saturated heterocycles. The Balaban J connectivity index is 1.91. The average Bonchev–Trinajstić information content (AvgIpc) is 2.55. The van der Waals surface area contributed by atoms with E-state index in [1.807, 2.05) is 0 Å². The van der Waals surface area contributed by atoms with Gasteiger partial charge < -0.3 is 0 Å². The molecule has 0 atom stereocenters. The Labute approximate surface area is 147 Å². The Hall–Kier alpha value is -1.58. The second-order valence-electron chi connectivity index (χ2n) is 5.05. The molecule has 0 fully saturated rings. The van der Waals surface area contributed by atoms with Crippen LogP contribution in [0.15, 0.2) is 58.3 Å². The van der Waals surface area contributed by atoms with Gasteiger partial charge in [0.05, 0.1) is 10.5 Å². The molecule has 0 aliphatic carbocycles. The molecular formula is C16H15F4NO2S2. The standard InChI is InChI=1S/C16H15F4NO2S2/c17-12-6-8-13(9-7-12)24-11-3-10-21-25(22,23)15-5-2-1-4-14(15)16(18,19)20/h1-2,4-9,21H,3,10-11H2. The maximum absolute atomic E-state index is 12.9. The number of hydrogen-bond donors (Lipinski definition) is 1. The van der Waals surface area contributed by atoms with E-state index < -0.39 is 26.7 Å². The molecule has 0 aliphatic heterocycles. The van der Waals surface area contributed by atoms with Crippen molar-refractivity contribution in [3.05, 3.63) is 59.9 Å². The predicted octanol–water partition coefficient (Wildman–Crippen LogP) is 4.31. The lowest BCUT2D eigenvalue weighted by atomic mass is 10.2. The molecule has 2 rings (SSSR count). The summed E-state index contributed by atoms with van der Waals surface area (Å²) in [6, 6.07) is 9.89. The van der Waals surface area contributed by atoms with Crippen LogP contribution in [-0.4, -0.2) is 20.7 Å². The Morgan fingerprint density at radius 1 is 1.00 bits per heavy atom. The minimum Gasteiger partial charge on any atom is -0.211 e. The van der Waals surface area contributed by atoms with Crippen LogP contribution < -0.4 is 4.72 Å². The Kier molecular flexibility index (Phi) is 6.47. The molecule has 0 spiro atoms. The van der Waals surface area contributed by atoms with Gasteiger partial charge in [0.1, 0.15) is 5.82 Å². The summed E-state index contributed by atoms with van der Waals surface area (Å²) in [5.74, 6) is 0.190. The second kappa shape index (κ2) is 8.20. The normalized spacial score (nSPS) is 12.3. The molecule has 0 amide bonds. The molecule has 0 aliphatic rings. The van der Waals surface area contributed by atoms with Crippen LogP contribution in [-0.2, 0) is 16.2 Å². The molecular weight excluding hydrogens is 378 g/mol. The largest absolute Gasteiger partial charge is 0.417 e. The summed E-state index contributed by atoms with van der Waals surface area (Å²) >= 11 is 1.40. The quantitative estimate of drug-likeness (QED) is 0.433. The van der Waals surface area contributed by atoms with Crippen molar-refractivity contribution in [3.8, 4) is 0 Å². The lowest BCUT2D eigenvalue weighted by molar-refractivity contribution is -0.139. The van der Waals surface area contributed by atoms with E-state index in [-0.39, 0.29) is 12.4 Å². The van der Waals surface area contributed by atoms with Crippen LogP contribution in [0.3, 0.4) is 0 Å². The summed E-state index contributed by atoms with van der Waals surface area (Å²) in [6.07, 6.45) is -4.33. The van der Waals surface area contributed by atoms with Crippen molar-refractivity contribution in [2.24, 2.45) is 0 Å². The number of hydrogen-bond acceptors (Lipinski definition) is 3. The number of halogens is 4. The summed E-state index contributed by atoms with van der Waals surface area (Å²) in [5, 5.41) is 0. The number of benzene rings is 2. The molecule has 136 valence electrons. The highest BCUT2D eigenvalue weighted by Crippen LogP contribution is 2.33. The zero-order valence-corrected chi connectivity index (χ0v) is 14.5. The zero-order chi connectivity index (χ0) is 18.5. The highest BCUT2D eigenvalue weighted by molar-refractivity contribution is 7.99. The van der Waals surface area contributed by atoms with E-state index in [9.17, 15) is 26.0 Å². The first kappa shape index (κ1) is 19.7. The van der Waals surface area contributed by atoms with Crippen LogP contribution in [0.1, 0.15) is 12.0 Å². The minimum absolute atomic E-state index is 0.00270. The fourth-order valence-corrected chi connectivity index (χ4v) is 4.16. The molecule has 25 heavy (non-hydrogen) atoms. The number of thioether (sulfide) groups is 1. The van der Waals surface area contributed by atoms with Gasteiger partial charge in [-0.3, -0.25) is 0 Å². The third kappa shape index (κ3) is 5.72. The molecule has 0 bridgehead atoms. The van der Waals surface area contributed by atoms with Gasteiger partial charge in [-0.05, 0) is 48.6 Å². The molecule has 0 radical (unpaired) electrons. The molecule has 0 unspecified atom stereocenters. The van der Waals surface area contributed by atoms with Crippen LogP contribution in [0.2, 0.25) is 0 Å². The summed E-state index contributed by atoms with van der Waals surface area (Å²) in [7, 11) is -4.25. The fraction of sp³-hybridized carbons (Fsp3) is 0.250. The van der Waals surface area contributed by atoms with Crippen molar-refractivity contribution < 1.29 is 26.0 Å². The van der Waals surface area contributed by atoms with Crippen molar-refractivity contribution in [1.29, 1.82) is 0 Å². The van der Waals surface area contributed by atoms with Gasteiger partial charge in [0.25, 0.3) is 0 Å². The Morgan fingerprint density at radius 3 is 2.28 bits per heavy atom. The van der Waals surface area contributed by atoms with Gasteiger partial charge in [0.2, 0.25) is 10.0 Å². The summed E-state index contributed by atoms with van der Waals surface area (Å²) in [5.41, 5.74) is -1.19. The third-order valence-corrected chi connectivity index (χ3v) is 5.80. The Morgan fingerprint density at radius 2 is 1.64 bits per heavy atom. The number of rotatable bonds is 7. The summed E-state index contributed by atoms with van der Waals surface area (Å²) in [4.78, 5) is 0.0420. The van der Waals surface area contributed by atoms with E-state index in [4.69, 9.17) is 0 Å². The molecule has 3 nitrogen and oxygen atoms in total. The molecule has 0 saturated carbocycles. The fourth-order valence-electron chi connectivity index (χ4n) is 2.01. The van der Waals surface area contributed by atoms with E-state index >= 15 is 0 Å². The molecule has 2 aromatic carbocycles. The highest BCUT2D eigenvalue weighted by Gasteiger charge is 2.36. The van der Waals surface area contributed by atoms with Gasteiger partial charge >= 0.3 is 6.18 Å². The molecule has 9 heteroatoms. The summed E-state index contributed by atoms with van der Waals surface area (Å²) < 4.78 is 77.9. The molecule has 0 heterocycles. The number of alkyl halides is 3. The van der Waals surface area contributed by atoms with Gasteiger partial charge in [-0.15, -0.1) is 11.8 Å². The lowest BCUT2D eigenvalue weighted by Crippen LogP contribution is -2.27. The Bertz CT molecular complexity index is 806. The van der Waals surface area contributed by atoms with Crippen LogP contribution >= 0.6 is 11.8 Å². The van der Waals surface area contributed by atoms with Crippen molar-refractivity contribution in [3.63, 3.8) is 0 Å². The van der Waals surface area contributed by atoms with Crippen molar-refractivity contribution >= 4 is 21.8 Å². The minimum atomic E-state index is -4.75. The van der Waals surface area contributed by atoms with Gasteiger partial charge in [-0.1, -0.05) is 12.1 Å². The third-order valence-electron chi connectivity index (χ3n) is 3.18. The van der Waals surface area contributed by atoms with Crippen LogP contribution in [0.4, 0.5) is 17.6 Å². The maximum atomic E-state index is 12.9. The van der Waals surface area contributed by atoms with Gasteiger partial charge in [-0.2, -0.15) is 13.2 Å². The predicted molar refractivity (Wildman–Crippen MR) is 88.4 cm³/mol. The molecule has 2 aromatic rings. The lowest BCUT2D eigenvalue weighted by Gasteiger charge is -2.13. The second-order valence-corrected chi connectivity index (χ2v) is 7.95. The SMILES string of the molecule is O=S(=O)(NCCCSc1ccc(F)cc1)c1ccccc1C(F)(F)F. The van der Waals surface area contributed by atoms with Gasteiger partial charge in [0, 0.05) is 11.4 Å². The summed E-state index contributed by atoms with van der Waals surface area (Å²) in [6.45, 7) is 0.00270. The highest BCUT2D eigenvalue weighted by atomic mass is 32.2. The van der Waals surface area contributed by atoms with E-state index in [1.54, 1.807) is 12.1 Å². The molecule has 0 aromatic heterocycles. The molecule has 1 N–H and O–H groups in total. The smallest absolute Gasteiger partial charge is 0.211 e. The van der Waals surface area contributed by atoms with Crippen molar-refractivity contribution in [1.82, 2.24) is 4.72 Å². The van der Waals surface area contributed by atoms with E-state index in [0.717, 1.165) is 23.1 Å². The zero-order valence-electron chi connectivity index (χ0n) is 12.9. The van der Waals surface area contributed by atoms with Crippen LogP contribution in [0, 0.1) is 5.82 Å². The van der Waals surface area contributed by atoms with Crippen molar-refractivity contribution in [2.45, 2.75) is 22.4 Å². The first-order valence-electron chi connectivity index (χ1n) is 7.24. The van der Waals surface area contributed by atoms with E-state index in [2.05, 4.69) is 4.72 Å². The van der Waals surface area contributed by atoms with Crippen LogP contribution in [0.25, 0.3) is 0 Å². The number of nitrogens with one attached hydrogen (secondary N) is 1. The van der Waals surface area contributed by atoms with E-state index in [1.165, 1.54) is 30.0 Å².